The molecule has 7 nitrogen and oxygen atoms in total. The maximum absolute atomic E-state index is 12.9. The molecule has 3 amide bonds. The van der Waals surface area contributed by atoms with E-state index < -0.39 is 24.5 Å². The quantitative estimate of drug-likeness (QED) is 0.535. The number of hydrogen-bond donors (Lipinski definition) is 1. The molecule has 1 aromatic carbocycles. The summed E-state index contributed by atoms with van der Waals surface area (Å²) in [6, 6.07) is 4.85. The van der Waals surface area contributed by atoms with Crippen molar-refractivity contribution in [2.75, 3.05) is 11.9 Å². The summed E-state index contributed by atoms with van der Waals surface area (Å²) in [5.41, 5.74) is 2.79. The third-order valence-electron chi connectivity index (χ3n) is 7.30. The number of esters is 1. The Hall–Kier alpha value is -2.70. The highest BCUT2D eigenvalue weighted by Crippen LogP contribution is 2.56. The summed E-state index contributed by atoms with van der Waals surface area (Å²) in [6.45, 7) is 5.06. The largest absolute Gasteiger partial charge is 0.454 e. The number of anilines is 1. The molecule has 1 aromatic rings. The van der Waals surface area contributed by atoms with Crippen LogP contribution >= 0.6 is 0 Å². The molecule has 3 fully saturated rings. The van der Waals surface area contributed by atoms with Crippen LogP contribution in [-0.2, 0) is 36.8 Å². The first-order chi connectivity index (χ1) is 14.9. The highest BCUT2D eigenvalue weighted by Gasteiger charge is 2.62. The van der Waals surface area contributed by atoms with Gasteiger partial charge in [0.25, 0.3) is 5.91 Å². The average Bonchev–Trinajstić information content (AvgIpc) is 3.45. The van der Waals surface area contributed by atoms with Crippen molar-refractivity contribution in [3.05, 3.63) is 29.3 Å². The minimum absolute atomic E-state index is 0.249. The number of hydrogen-bond acceptors (Lipinski definition) is 5. The topological polar surface area (TPSA) is 92.8 Å². The van der Waals surface area contributed by atoms with Gasteiger partial charge >= 0.3 is 5.97 Å². The lowest BCUT2D eigenvalue weighted by atomic mass is 9.81. The Morgan fingerprint density at radius 2 is 1.61 bits per heavy atom. The van der Waals surface area contributed by atoms with Gasteiger partial charge in [-0.2, -0.15) is 0 Å². The van der Waals surface area contributed by atoms with Gasteiger partial charge in [0.15, 0.2) is 6.61 Å². The van der Waals surface area contributed by atoms with Crippen molar-refractivity contribution in [1.82, 2.24) is 4.90 Å². The summed E-state index contributed by atoms with van der Waals surface area (Å²) < 4.78 is 5.19. The fourth-order valence-corrected chi connectivity index (χ4v) is 5.75. The molecule has 5 atom stereocenters. The molecule has 0 spiro atoms. The lowest BCUT2D eigenvalue weighted by Crippen LogP contribution is -2.45. The van der Waals surface area contributed by atoms with E-state index in [1.165, 1.54) is 6.92 Å². The molecule has 0 radical (unpaired) electrons. The predicted octanol–water partition coefficient (Wildman–Crippen LogP) is 2.71. The zero-order chi connectivity index (χ0) is 22.3. The third kappa shape index (κ3) is 3.64. The van der Waals surface area contributed by atoms with E-state index in [9.17, 15) is 19.2 Å². The van der Waals surface area contributed by atoms with Crippen molar-refractivity contribution in [2.24, 2.45) is 23.7 Å². The highest BCUT2D eigenvalue weighted by atomic mass is 16.5. The van der Waals surface area contributed by atoms with Crippen LogP contribution in [0.15, 0.2) is 18.2 Å². The molecular weight excluding hydrogens is 396 g/mol. The van der Waals surface area contributed by atoms with E-state index in [-0.39, 0.29) is 35.5 Å². The minimum Gasteiger partial charge on any atom is -0.454 e. The molecule has 166 valence electrons. The first kappa shape index (κ1) is 21.5. The molecule has 2 saturated carbocycles. The lowest BCUT2D eigenvalue weighted by Gasteiger charge is -2.23. The number of nitrogens with zero attached hydrogens (tertiary/aromatic N) is 1. The number of rotatable bonds is 7. The smallest absolute Gasteiger partial charge is 0.329 e. The Kier molecular flexibility index (Phi) is 5.86. The van der Waals surface area contributed by atoms with Crippen molar-refractivity contribution in [3.63, 3.8) is 0 Å². The number of carbonyl (C=O) groups excluding carboxylic acids is 4. The van der Waals surface area contributed by atoms with E-state index in [1.807, 2.05) is 32.0 Å². The third-order valence-corrected chi connectivity index (χ3v) is 7.30. The van der Waals surface area contributed by atoms with Crippen LogP contribution in [0.3, 0.4) is 0 Å². The molecule has 4 rings (SSSR count). The molecule has 1 heterocycles. The van der Waals surface area contributed by atoms with Crippen molar-refractivity contribution in [3.8, 4) is 0 Å². The second kappa shape index (κ2) is 8.44. The summed E-state index contributed by atoms with van der Waals surface area (Å²) in [5, 5.41) is 2.85. The van der Waals surface area contributed by atoms with E-state index in [4.69, 9.17) is 4.74 Å². The Morgan fingerprint density at radius 3 is 2.13 bits per heavy atom. The number of likely N-dealkylation sites (tertiary alicyclic amines) is 1. The van der Waals surface area contributed by atoms with Gasteiger partial charge in [0.05, 0.1) is 11.8 Å². The fourth-order valence-electron chi connectivity index (χ4n) is 5.75. The standard InChI is InChI=1S/C24H30N2O5/c1-4-14-7-6-8-15(5-2)21(14)25-18(27)12-31-24(30)13(3)26-22(28)19-16-9-10-17(11-16)20(19)23(26)29/h6-8,13,16-17,19-20H,4-5,9-12H2,1-3H3,(H,25,27)/t13-,16-,17+,19-,20+/m1/s1. The zero-order valence-electron chi connectivity index (χ0n) is 18.3. The number of carbonyl (C=O) groups is 4. The Morgan fingerprint density at radius 1 is 1.06 bits per heavy atom. The molecule has 2 bridgehead atoms. The zero-order valence-corrected chi connectivity index (χ0v) is 18.3. The maximum atomic E-state index is 12.9. The van der Waals surface area contributed by atoms with E-state index in [0.29, 0.717) is 0 Å². The summed E-state index contributed by atoms with van der Waals surface area (Å²) in [7, 11) is 0. The molecule has 2 aliphatic carbocycles. The van der Waals surface area contributed by atoms with Crippen LogP contribution in [0.25, 0.3) is 0 Å². The predicted molar refractivity (Wildman–Crippen MR) is 114 cm³/mol. The van der Waals surface area contributed by atoms with Crippen LogP contribution in [0.4, 0.5) is 5.69 Å². The molecule has 7 heteroatoms. The van der Waals surface area contributed by atoms with Crippen LogP contribution < -0.4 is 5.32 Å². The van der Waals surface area contributed by atoms with Gasteiger partial charge in [0.1, 0.15) is 6.04 Å². The fraction of sp³-hybridized carbons (Fsp3) is 0.583. The van der Waals surface area contributed by atoms with Gasteiger partial charge in [-0.05, 0) is 62.0 Å². The van der Waals surface area contributed by atoms with Crippen molar-refractivity contribution in [2.45, 2.75) is 58.9 Å². The van der Waals surface area contributed by atoms with Gasteiger partial charge in [-0.3, -0.25) is 19.3 Å². The van der Waals surface area contributed by atoms with Gasteiger partial charge in [0, 0.05) is 5.69 Å². The molecule has 0 unspecified atom stereocenters. The van der Waals surface area contributed by atoms with E-state index >= 15 is 0 Å². The molecule has 1 aliphatic heterocycles. The number of imide groups is 1. The SMILES string of the molecule is CCc1cccc(CC)c1NC(=O)COC(=O)[C@@H](C)N1C(=O)[C@@H]2[C@@H]3CC[C@@H](C3)[C@@H]2C1=O. The number of ether oxygens (including phenoxy) is 1. The van der Waals surface area contributed by atoms with Gasteiger partial charge in [-0.1, -0.05) is 32.0 Å². The number of nitrogens with one attached hydrogen (secondary N) is 1. The summed E-state index contributed by atoms with van der Waals surface area (Å²) in [4.78, 5) is 51.8. The molecule has 31 heavy (non-hydrogen) atoms. The van der Waals surface area contributed by atoms with Gasteiger partial charge in [-0.25, -0.2) is 4.79 Å². The monoisotopic (exact) mass is 426 g/mol. The molecule has 1 N–H and O–H groups in total. The number of amides is 3. The Bertz CT molecular complexity index is 876. The molecule has 1 saturated heterocycles. The van der Waals surface area contributed by atoms with Crippen LogP contribution in [0.2, 0.25) is 0 Å². The first-order valence-corrected chi connectivity index (χ1v) is 11.3. The Balaban J connectivity index is 1.37. The minimum atomic E-state index is -1.02. The average molecular weight is 427 g/mol. The van der Waals surface area contributed by atoms with Crippen molar-refractivity contribution >= 4 is 29.4 Å². The van der Waals surface area contributed by atoms with Crippen LogP contribution in [0, 0.1) is 23.7 Å². The summed E-state index contributed by atoms with van der Waals surface area (Å²) in [5.74, 6) is -1.70. The molecular formula is C24H30N2O5. The normalized spacial score (nSPS) is 27.4. The Labute approximate surface area is 182 Å². The van der Waals surface area contributed by atoms with Crippen molar-refractivity contribution in [1.29, 1.82) is 0 Å². The second-order valence-electron chi connectivity index (χ2n) is 8.92. The van der Waals surface area contributed by atoms with E-state index in [1.54, 1.807) is 0 Å². The van der Waals surface area contributed by atoms with Crippen LogP contribution in [-0.4, -0.2) is 41.2 Å². The number of aryl methyl sites for hydroxylation is 2. The van der Waals surface area contributed by atoms with Crippen molar-refractivity contribution < 1.29 is 23.9 Å². The number of fused-ring (bicyclic) bond motifs is 5. The van der Waals surface area contributed by atoms with Gasteiger partial charge < -0.3 is 10.1 Å². The van der Waals surface area contributed by atoms with E-state index in [2.05, 4.69) is 5.32 Å². The molecule has 3 aliphatic rings. The van der Waals surface area contributed by atoms with Gasteiger partial charge in [-0.15, -0.1) is 0 Å². The first-order valence-electron chi connectivity index (χ1n) is 11.3. The number of benzene rings is 1. The van der Waals surface area contributed by atoms with E-state index in [0.717, 1.165) is 53.8 Å². The van der Waals surface area contributed by atoms with Crippen LogP contribution in [0.1, 0.15) is 51.2 Å². The summed E-state index contributed by atoms with van der Waals surface area (Å²) >= 11 is 0. The summed E-state index contributed by atoms with van der Waals surface area (Å²) in [6.07, 6.45) is 4.44. The van der Waals surface area contributed by atoms with Gasteiger partial charge in [0.2, 0.25) is 11.8 Å². The lowest BCUT2D eigenvalue weighted by molar-refractivity contribution is -0.159. The second-order valence-corrected chi connectivity index (χ2v) is 8.92. The van der Waals surface area contributed by atoms with Crippen LogP contribution in [0.5, 0.6) is 0 Å². The highest BCUT2D eigenvalue weighted by molar-refractivity contribution is 6.08. The molecule has 0 aromatic heterocycles. The maximum Gasteiger partial charge on any atom is 0.329 e. The number of para-hydroxylation sites is 1.